The van der Waals surface area contributed by atoms with Gasteiger partial charge >= 0.3 is 0 Å². The Labute approximate surface area is 117 Å². The van der Waals surface area contributed by atoms with E-state index in [0.29, 0.717) is 11.6 Å². The first-order valence-electron chi connectivity index (χ1n) is 5.82. The van der Waals surface area contributed by atoms with E-state index in [4.69, 9.17) is 11.6 Å². The van der Waals surface area contributed by atoms with Crippen molar-refractivity contribution in [2.45, 2.75) is 0 Å². The third-order valence-electron chi connectivity index (χ3n) is 2.62. The molecule has 2 aromatic rings. The van der Waals surface area contributed by atoms with Crippen LogP contribution in [0.1, 0.15) is 11.3 Å². The standard InChI is InChI=1S/C15H14ClN3/c1-3-8-19-15(14-5-4-9-18-14)12-10-11(16)6-7-13(12)17-2/h3-7,9-10,18H,1-2,8H2. The first-order valence-corrected chi connectivity index (χ1v) is 6.20. The second kappa shape index (κ2) is 6.16. The third kappa shape index (κ3) is 3.01. The molecule has 2 rings (SSSR count). The van der Waals surface area contributed by atoms with Crippen LogP contribution in [0.2, 0.25) is 5.02 Å². The highest BCUT2D eigenvalue weighted by atomic mass is 35.5. The summed E-state index contributed by atoms with van der Waals surface area (Å²) in [5.74, 6) is 0. The SMILES string of the molecule is C=CCN=C(c1ccc[nH]1)c1cc(Cl)ccc1N=C. The summed E-state index contributed by atoms with van der Waals surface area (Å²) in [6.45, 7) is 7.80. The predicted molar refractivity (Wildman–Crippen MR) is 82.2 cm³/mol. The average molecular weight is 272 g/mol. The van der Waals surface area contributed by atoms with E-state index in [9.17, 15) is 0 Å². The number of aromatic amines is 1. The smallest absolute Gasteiger partial charge is 0.0907 e. The van der Waals surface area contributed by atoms with Crippen LogP contribution in [0.25, 0.3) is 0 Å². The number of H-pyrrole nitrogens is 1. The fraction of sp³-hybridized carbons (Fsp3) is 0.0667. The molecular formula is C15H14ClN3. The summed E-state index contributed by atoms with van der Waals surface area (Å²) in [5, 5.41) is 0.639. The summed E-state index contributed by atoms with van der Waals surface area (Å²) in [7, 11) is 0. The fourth-order valence-corrected chi connectivity index (χ4v) is 1.96. The molecule has 0 atom stereocenters. The van der Waals surface area contributed by atoms with Crippen molar-refractivity contribution < 1.29 is 0 Å². The van der Waals surface area contributed by atoms with Crippen molar-refractivity contribution in [3.05, 3.63) is 65.5 Å². The molecule has 1 N–H and O–H groups in total. The summed E-state index contributed by atoms with van der Waals surface area (Å²) in [6.07, 6.45) is 3.60. The Morgan fingerprint density at radius 1 is 1.37 bits per heavy atom. The zero-order chi connectivity index (χ0) is 13.7. The van der Waals surface area contributed by atoms with Gasteiger partial charge in [0.25, 0.3) is 0 Å². The molecule has 4 heteroatoms. The summed E-state index contributed by atoms with van der Waals surface area (Å²) < 4.78 is 0. The van der Waals surface area contributed by atoms with Gasteiger partial charge in [0, 0.05) is 16.8 Å². The molecule has 0 aliphatic carbocycles. The zero-order valence-electron chi connectivity index (χ0n) is 10.4. The number of benzene rings is 1. The lowest BCUT2D eigenvalue weighted by Gasteiger charge is -2.09. The molecule has 0 aliphatic rings. The number of nitrogens with one attached hydrogen (secondary N) is 1. The lowest BCUT2D eigenvalue weighted by Crippen LogP contribution is -2.05. The minimum atomic E-state index is 0.525. The first-order chi connectivity index (χ1) is 9.26. The number of aromatic nitrogens is 1. The average Bonchev–Trinajstić information content (AvgIpc) is 2.93. The van der Waals surface area contributed by atoms with E-state index in [1.54, 1.807) is 12.1 Å². The molecule has 0 amide bonds. The highest BCUT2D eigenvalue weighted by molar-refractivity contribution is 6.31. The van der Waals surface area contributed by atoms with Crippen LogP contribution in [-0.4, -0.2) is 24.0 Å². The van der Waals surface area contributed by atoms with E-state index < -0.39 is 0 Å². The topological polar surface area (TPSA) is 40.5 Å². The van der Waals surface area contributed by atoms with Crippen LogP contribution in [0.4, 0.5) is 5.69 Å². The molecule has 0 saturated carbocycles. The normalized spacial score (nSPS) is 11.3. The molecule has 1 heterocycles. The van der Waals surface area contributed by atoms with E-state index in [1.807, 2.05) is 30.5 Å². The molecule has 3 nitrogen and oxygen atoms in total. The van der Waals surface area contributed by atoms with E-state index in [-0.39, 0.29) is 0 Å². The fourth-order valence-electron chi connectivity index (χ4n) is 1.78. The largest absolute Gasteiger partial charge is 0.360 e. The van der Waals surface area contributed by atoms with Crippen LogP contribution < -0.4 is 0 Å². The van der Waals surface area contributed by atoms with Gasteiger partial charge in [0.05, 0.1) is 23.6 Å². The van der Waals surface area contributed by atoms with Gasteiger partial charge in [-0.15, -0.1) is 6.58 Å². The third-order valence-corrected chi connectivity index (χ3v) is 2.85. The second-order valence-corrected chi connectivity index (χ2v) is 4.32. The van der Waals surface area contributed by atoms with Crippen molar-refractivity contribution in [1.82, 2.24) is 4.98 Å². The number of hydrogen-bond donors (Lipinski definition) is 1. The molecule has 96 valence electrons. The Bertz CT molecular complexity index is 612. The Balaban J connectivity index is 2.58. The van der Waals surface area contributed by atoms with Crippen LogP contribution >= 0.6 is 11.6 Å². The van der Waals surface area contributed by atoms with Gasteiger partial charge in [0.1, 0.15) is 0 Å². The number of aliphatic imine (C=N–C) groups is 2. The lowest BCUT2D eigenvalue weighted by atomic mass is 10.1. The Morgan fingerprint density at radius 2 is 2.21 bits per heavy atom. The highest BCUT2D eigenvalue weighted by Crippen LogP contribution is 2.25. The second-order valence-electron chi connectivity index (χ2n) is 3.88. The quantitative estimate of drug-likeness (QED) is 0.630. The van der Waals surface area contributed by atoms with Crippen molar-refractivity contribution in [1.29, 1.82) is 0 Å². The molecule has 0 fully saturated rings. The van der Waals surface area contributed by atoms with Crippen LogP contribution in [0.5, 0.6) is 0 Å². The predicted octanol–water partition coefficient (Wildman–Crippen LogP) is 4.02. The van der Waals surface area contributed by atoms with Gasteiger partial charge in [-0.05, 0) is 37.0 Å². The van der Waals surface area contributed by atoms with Crippen molar-refractivity contribution in [3.63, 3.8) is 0 Å². The van der Waals surface area contributed by atoms with Gasteiger partial charge in [-0.1, -0.05) is 17.7 Å². The van der Waals surface area contributed by atoms with Gasteiger partial charge in [0.15, 0.2) is 0 Å². The molecule has 0 spiro atoms. The molecule has 0 saturated heterocycles. The molecule has 0 aliphatic heterocycles. The van der Waals surface area contributed by atoms with Gasteiger partial charge in [0.2, 0.25) is 0 Å². The van der Waals surface area contributed by atoms with Gasteiger partial charge in [-0.3, -0.25) is 9.98 Å². The van der Waals surface area contributed by atoms with Crippen LogP contribution in [0, 0.1) is 0 Å². The summed E-state index contributed by atoms with van der Waals surface area (Å²) >= 11 is 6.07. The van der Waals surface area contributed by atoms with Crippen LogP contribution in [0.15, 0.2) is 59.2 Å². The highest BCUT2D eigenvalue weighted by Gasteiger charge is 2.12. The first kappa shape index (κ1) is 13.3. The van der Waals surface area contributed by atoms with Crippen molar-refractivity contribution >= 4 is 29.7 Å². The molecule has 1 aromatic heterocycles. The molecular weight excluding hydrogens is 258 g/mol. The Morgan fingerprint density at radius 3 is 2.84 bits per heavy atom. The molecule has 0 unspecified atom stereocenters. The summed E-state index contributed by atoms with van der Waals surface area (Å²) in [4.78, 5) is 11.7. The Kier molecular flexibility index (Phi) is 4.31. The van der Waals surface area contributed by atoms with Gasteiger partial charge in [-0.25, -0.2) is 0 Å². The van der Waals surface area contributed by atoms with Crippen molar-refractivity contribution in [2.75, 3.05) is 6.54 Å². The number of nitrogens with zero attached hydrogens (tertiary/aromatic N) is 2. The zero-order valence-corrected chi connectivity index (χ0v) is 11.2. The number of hydrogen-bond acceptors (Lipinski definition) is 2. The Hall–Kier alpha value is -2.13. The summed E-state index contributed by atoms with van der Waals surface area (Å²) in [6, 6.07) is 9.33. The lowest BCUT2D eigenvalue weighted by molar-refractivity contribution is 1.23. The van der Waals surface area contributed by atoms with E-state index in [1.165, 1.54) is 0 Å². The van der Waals surface area contributed by atoms with E-state index in [0.717, 1.165) is 22.7 Å². The molecule has 0 radical (unpaired) electrons. The van der Waals surface area contributed by atoms with Crippen LogP contribution in [-0.2, 0) is 0 Å². The molecule has 19 heavy (non-hydrogen) atoms. The van der Waals surface area contributed by atoms with Crippen molar-refractivity contribution in [3.8, 4) is 0 Å². The maximum absolute atomic E-state index is 6.07. The number of halogens is 1. The van der Waals surface area contributed by atoms with Gasteiger partial charge in [-0.2, -0.15) is 0 Å². The molecule has 1 aromatic carbocycles. The monoisotopic (exact) mass is 271 g/mol. The molecule has 0 bridgehead atoms. The van der Waals surface area contributed by atoms with Crippen molar-refractivity contribution in [2.24, 2.45) is 9.98 Å². The van der Waals surface area contributed by atoms with E-state index >= 15 is 0 Å². The number of rotatable bonds is 5. The minimum Gasteiger partial charge on any atom is -0.360 e. The van der Waals surface area contributed by atoms with Crippen LogP contribution in [0.3, 0.4) is 0 Å². The summed E-state index contributed by atoms with van der Waals surface area (Å²) in [5.41, 5.74) is 3.32. The minimum absolute atomic E-state index is 0.525. The van der Waals surface area contributed by atoms with Gasteiger partial charge < -0.3 is 4.98 Å². The maximum atomic E-state index is 6.07. The maximum Gasteiger partial charge on any atom is 0.0907 e. The van der Waals surface area contributed by atoms with E-state index in [2.05, 4.69) is 28.3 Å².